The molecule has 0 aromatic heterocycles. The highest BCUT2D eigenvalue weighted by Gasteiger charge is 2.29. The third-order valence-electron chi connectivity index (χ3n) is 5.03. The number of hydrogen-bond donors (Lipinski definition) is 2. The third kappa shape index (κ3) is 4.11. The van der Waals surface area contributed by atoms with Crippen LogP contribution in [0, 0.1) is 5.82 Å². The van der Waals surface area contributed by atoms with E-state index in [0.717, 1.165) is 17.0 Å². The number of methoxy groups -OCH3 is 1. The fraction of sp³-hybridized carbons (Fsp3) is 0.174. The Kier molecular flexibility index (Phi) is 5.51. The van der Waals surface area contributed by atoms with Gasteiger partial charge in [0.15, 0.2) is 0 Å². The number of rotatable bonds is 4. The Labute approximate surface area is 173 Å². The average molecular weight is 411 g/mol. The zero-order valence-electron chi connectivity index (χ0n) is 15.8. The molecule has 0 saturated carbocycles. The lowest BCUT2D eigenvalue weighted by atomic mass is 9.93. The first kappa shape index (κ1) is 19.4. The van der Waals surface area contributed by atoms with Gasteiger partial charge in [0.05, 0.1) is 7.11 Å². The van der Waals surface area contributed by atoms with Crippen molar-refractivity contribution in [1.29, 1.82) is 0 Å². The maximum atomic E-state index is 14.5. The Balaban J connectivity index is 1.77. The monoisotopic (exact) mass is 410 g/mol. The molecule has 2 atom stereocenters. The van der Waals surface area contributed by atoms with Crippen LogP contribution < -0.4 is 10.1 Å². The number of phenols is 1. The molecule has 4 rings (SSSR count). The van der Waals surface area contributed by atoms with Gasteiger partial charge < -0.3 is 9.84 Å². The molecule has 29 heavy (non-hydrogen) atoms. The predicted octanol–water partition coefficient (Wildman–Crippen LogP) is 5.42. The topological polar surface area (TPSA) is 53.8 Å². The largest absolute Gasteiger partial charge is 0.508 e. The van der Waals surface area contributed by atoms with Gasteiger partial charge in [0, 0.05) is 34.3 Å². The molecule has 1 aliphatic heterocycles. The minimum Gasteiger partial charge on any atom is -0.508 e. The normalized spacial score (nSPS) is 18.9. The predicted molar refractivity (Wildman–Crippen MR) is 112 cm³/mol. The number of nitrogens with zero attached hydrogens (tertiary/aromatic N) is 1. The summed E-state index contributed by atoms with van der Waals surface area (Å²) >= 11 is 6.16. The van der Waals surface area contributed by atoms with Gasteiger partial charge in [0.1, 0.15) is 23.5 Å². The minimum absolute atomic E-state index is 0.134. The van der Waals surface area contributed by atoms with E-state index >= 15 is 0 Å². The van der Waals surface area contributed by atoms with E-state index in [9.17, 15) is 9.50 Å². The first-order valence-corrected chi connectivity index (χ1v) is 9.63. The number of hydrogen-bond acceptors (Lipinski definition) is 4. The number of ether oxygens (including phenoxy) is 1. The van der Waals surface area contributed by atoms with Crippen LogP contribution in [-0.4, -0.2) is 17.9 Å². The summed E-state index contributed by atoms with van der Waals surface area (Å²) < 4.78 is 19.7. The Morgan fingerprint density at radius 2 is 1.83 bits per heavy atom. The highest BCUT2D eigenvalue weighted by atomic mass is 35.5. The Bertz CT molecular complexity index is 1050. The standard InChI is InChI=1S/C23H20ClFN2O2/c1-29-16-9-6-14(7-10-16)20-13-21(18-12-15(24)8-11-22(18)28)27-23(26-20)17-4-2-3-5-19(17)25/h2-12,21,23,27-28H,13H2,1H3/t21-,23+/m1/s1. The van der Waals surface area contributed by atoms with E-state index in [1.807, 2.05) is 24.3 Å². The van der Waals surface area contributed by atoms with Gasteiger partial charge >= 0.3 is 0 Å². The Morgan fingerprint density at radius 1 is 1.07 bits per heavy atom. The van der Waals surface area contributed by atoms with Crippen molar-refractivity contribution in [2.24, 2.45) is 4.99 Å². The van der Waals surface area contributed by atoms with Gasteiger partial charge in [-0.1, -0.05) is 29.8 Å². The SMILES string of the molecule is COc1ccc(C2=N[C@H](c3ccccc3F)N[C@@H](c3cc(Cl)ccc3O)C2)cc1. The van der Waals surface area contributed by atoms with Gasteiger partial charge in [-0.3, -0.25) is 10.3 Å². The van der Waals surface area contributed by atoms with Gasteiger partial charge in [0.2, 0.25) is 0 Å². The van der Waals surface area contributed by atoms with E-state index in [4.69, 9.17) is 21.3 Å². The van der Waals surface area contributed by atoms with Crippen LogP contribution in [0.25, 0.3) is 0 Å². The summed E-state index contributed by atoms with van der Waals surface area (Å²) in [5.74, 6) is 0.548. The highest BCUT2D eigenvalue weighted by Crippen LogP contribution is 2.36. The number of halogens is 2. The van der Waals surface area contributed by atoms with Crippen molar-refractivity contribution < 1.29 is 14.2 Å². The van der Waals surface area contributed by atoms with E-state index in [0.29, 0.717) is 22.6 Å². The smallest absolute Gasteiger partial charge is 0.129 e. The van der Waals surface area contributed by atoms with Crippen LogP contribution in [0.15, 0.2) is 71.7 Å². The minimum atomic E-state index is -0.592. The maximum absolute atomic E-state index is 14.5. The average Bonchev–Trinajstić information content (AvgIpc) is 2.75. The lowest BCUT2D eigenvalue weighted by Crippen LogP contribution is -2.33. The molecule has 4 nitrogen and oxygen atoms in total. The molecule has 0 radical (unpaired) electrons. The lowest BCUT2D eigenvalue weighted by Gasteiger charge is -2.31. The highest BCUT2D eigenvalue weighted by molar-refractivity contribution is 6.30. The van der Waals surface area contributed by atoms with Crippen molar-refractivity contribution in [2.45, 2.75) is 18.6 Å². The first-order chi connectivity index (χ1) is 14.0. The maximum Gasteiger partial charge on any atom is 0.129 e. The van der Waals surface area contributed by atoms with E-state index in [-0.39, 0.29) is 17.6 Å². The van der Waals surface area contributed by atoms with Gasteiger partial charge in [0.25, 0.3) is 0 Å². The Morgan fingerprint density at radius 3 is 2.55 bits per heavy atom. The quantitative estimate of drug-likeness (QED) is 0.604. The van der Waals surface area contributed by atoms with Crippen LogP contribution in [0.1, 0.15) is 35.3 Å². The molecular formula is C23H20ClFN2O2. The fourth-order valence-electron chi connectivity index (χ4n) is 3.52. The summed E-state index contributed by atoms with van der Waals surface area (Å²) in [6, 6.07) is 18.8. The van der Waals surface area contributed by atoms with Crippen LogP contribution in [-0.2, 0) is 0 Å². The van der Waals surface area contributed by atoms with Crippen molar-refractivity contribution in [3.63, 3.8) is 0 Å². The molecule has 0 amide bonds. The summed E-state index contributed by atoms with van der Waals surface area (Å²) in [5, 5.41) is 14.3. The first-order valence-electron chi connectivity index (χ1n) is 9.25. The Hall–Kier alpha value is -2.89. The van der Waals surface area contributed by atoms with Crippen molar-refractivity contribution in [1.82, 2.24) is 5.32 Å². The molecule has 0 saturated heterocycles. The molecule has 0 bridgehead atoms. The van der Waals surface area contributed by atoms with Crippen molar-refractivity contribution in [3.05, 3.63) is 94.3 Å². The molecule has 1 heterocycles. The summed E-state index contributed by atoms with van der Waals surface area (Å²) in [7, 11) is 1.61. The summed E-state index contributed by atoms with van der Waals surface area (Å²) in [6.07, 6.45) is -0.0732. The van der Waals surface area contributed by atoms with Crippen LogP contribution in [0.2, 0.25) is 5.02 Å². The van der Waals surface area contributed by atoms with Crippen LogP contribution >= 0.6 is 11.6 Å². The summed E-state index contributed by atoms with van der Waals surface area (Å²) in [4.78, 5) is 4.78. The molecule has 0 aliphatic carbocycles. The molecule has 3 aromatic carbocycles. The van der Waals surface area contributed by atoms with Gasteiger partial charge in [-0.15, -0.1) is 0 Å². The molecule has 6 heteroatoms. The lowest BCUT2D eigenvalue weighted by molar-refractivity contribution is 0.405. The molecule has 0 unspecified atom stereocenters. The van der Waals surface area contributed by atoms with Crippen molar-refractivity contribution in [2.75, 3.05) is 7.11 Å². The third-order valence-corrected chi connectivity index (χ3v) is 5.26. The van der Waals surface area contributed by atoms with E-state index in [1.54, 1.807) is 43.5 Å². The number of benzene rings is 3. The fourth-order valence-corrected chi connectivity index (χ4v) is 3.71. The zero-order chi connectivity index (χ0) is 20.4. The van der Waals surface area contributed by atoms with Gasteiger partial charge in [-0.2, -0.15) is 0 Å². The van der Waals surface area contributed by atoms with Crippen LogP contribution in [0.5, 0.6) is 11.5 Å². The second-order valence-electron chi connectivity index (χ2n) is 6.85. The van der Waals surface area contributed by atoms with E-state index < -0.39 is 6.17 Å². The van der Waals surface area contributed by atoms with E-state index in [2.05, 4.69) is 5.32 Å². The molecule has 0 spiro atoms. The number of aromatic hydroxyl groups is 1. The van der Waals surface area contributed by atoms with Gasteiger partial charge in [-0.25, -0.2) is 4.39 Å². The number of phenolic OH excluding ortho intramolecular Hbond substituents is 1. The zero-order valence-corrected chi connectivity index (χ0v) is 16.5. The van der Waals surface area contributed by atoms with Gasteiger partial charge in [-0.05, 0) is 54.1 Å². The second-order valence-corrected chi connectivity index (χ2v) is 7.29. The summed E-state index contributed by atoms with van der Waals surface area (Å²) in [5.41, 5.74) is 2.83. The van der Waals surface area contributed by atoms with Crippen molar-refractivity contribution in [3.8, 4) is 11.5 Å². The van der Waals surface area contributed by atoms with Crippen molar-refractivity contribution >= 4 is 17.3 Å². The molecule has 3 aromatic rings. The number of nitrogens with one attached hydrogen (secondary N) is 1. The molecule has 2 N–H and O–H groups in total. The molecular weight excluding hydrogens is 391 g/mol. The molecule has 0 fully saturated rings. The molecule has 148 valence electrons. The van der Waals surface area contributed by atoms with Crippen LogP contribution in [0.3, 0.4) is 0 Å². The van der Waals surface area contributed by atoms with E-state index in [1.165, 1.54) is 6.07 Å². The second kappa shape index (κ2) is 8.23. The summed E-state index contributed by atoms with van der Waals surface area (Å²) in [6.45, 7) is 0. The van der Waals surface area contributed by atoms with Crippen LogP contribution in [0.4, 0.5) is 4.39 Å². The molecule has 1 aliphatic rings. The number of aliphatic imine (C=N–C) groups is 1.